The summed E-state index contributed by atoms with van der Waals surface area (Å²) >= 11 is 3.15. The minimum absolute atomic E-state index is 0.170. The normalized spacial score (nSPS) is 10.3. The molecule has 2 amide bonds. The number of rotatable bonds is 5. The van der Waals surface area contributed by atoms with Gasteiger partial charge in [-0.1, -0.05) is 30.3 Å². The van der Waals surface area contributed by atoms with E-state index in [9.17, 15) is 9.59 Å². The quantitative estimate of drug-likeness (QED) is 0.675. The van der Waals surface area contributed by atoms with Crippen molar-refractivity contribution in [3.8, 4) is 0 Å². The molecule has 1 heterocycles. The minimum Gasteiger partial charge on any atom is -0.444 e. The molecule has 3 aromatic rings. The van der Waals surface area contributed by atoms with Crippen LogP contribution in [0.4, 0.5) is 5.69 Å². The summed E-state index contributed by atoms with van der Waals surface area (Å²) in [4.78, 5) is 24.2. The summed E-state index contributed by atoms with van der Waals surface area (Å²) in [6.45, 7) is 0.464. The van der Waals surface area contributed by atoms with Crippen LogP contribution < -0.4 is 10.6 Å². The Morgan fingerprint density at radius 2 is 1.60 bits per heavy atom. The molecule has 0 unspecified atom stereocenters. The Bertz CT molecular complexity index is 873. The van der Waals surface area contributed by atoms with Gasteiger partial charge in [0.05, 0.1) is 0 Å². The zero-order valence-corrected chi connectivity index (χ0v) is 14.7. The number of benzene rings is 2. The summed E-state index contributed by atoms with van der Waals surface area (Å²) in [5, 5.41) is 5.57. The average molecular weight is 399 g/mol. The topological polar surface area (TPSA) is 71.3 Å². The molecule has 0 bridgehead atoms. The second-order valence-electron chi connectivity index (χ2n) is 5.30. The van der Waals surface area contributed by atoms with E-state index in [2.05, 4.69) is 26.6 Å². The van der Waals surface area contributed by atoms with Crippen LogP contribution in [-0.2, 0) is 6.54 Å². The molecular weight excluding hydrogens is 384 g/mol. The maximum absolute atomic E-state index is 12.2. The van der Waals surface area contributed by atoms with Crippen molar-refractivity contribution < 1.29 is 14.0 Å². The van der Waals surface area contributed by atoms with Gasteiger partial charge in [-0.25, -0.2) is 0 Å². The molecule has 6 heteroatoms. The lowest BCUT2D eigenvalue weighted by Crippen LogP contribution is -2.22. The van der Waals surface area contributed by atoms with E-state index in [1.165, 1.54) is 0 Å². The molecule has 0 atom stereocenters. The van der Waals surface area contributed by atoms with Gasteiger partial charge in [0.25, 0.3) is 11.8 Å². The Morgan fingerprint density at radius 3 is 2.24 bits per heavy atom. The third-order valence-corrected chi connectivity index (χ3v) is 3.92. The van der Waals surface area contributed by atoms with Crippen molar-refractivity contribution in [3.05, 3.63) is 88.3 Å². The molecule has 0 radical (unpaired) electrons. The molecule has 0 aliphatic heterocycles. The molecule has 0 saturated heterocycles. The van der Waals surface area contributed by atoms with Gasteiger partial charge in [0.15, 0.2) is 10.4 Å². The first-order valence-corrected chi connectivity index (χ1v) is 8.40. The molecule has 0 aliphatic carbocycles. The van der Waals surface area contributed by atoms with Crippen LogP contribution in [0.1, 0.15) is 26.5 Å². The largest absolute Gasteiger partial charge is 0.444 e. The van der Waals surface area contributed by atoms with Gasteiger partial charge in [0.1, 0.15) is 0 Å². The van der Waals surface area contributed by atoms with Gasteiger partial charge in [-0.3, -0.25) is 9.59 Å². The van der Waals surface area contributed by atoms with E-state index in [1.54, 1.807) is 36.4 Å². The zero-order valence-electron chi connectivity index (χ0n) is 13.2. The van der Waals surface area contributed by atoms with Crippen molar-refractivity contribution in [2.75, 3.05) is 5.32 Å². The van der Waals surface area contributed by atoms with E-state index in [-0.39, 0.29) is 17.6 Å². The van der Waals surface area contributed by atoms with E-state index < -0.39 is 0 Å². The monoisotopic (exact) mass is 398 g/mol. The predicted molar refractivity (Wildman–Crippen MR) is 98.4 cm³/mol. The third-order valence-electron chi connectivity index (χ3n) is 3.50. The molecule has 126 valence electrons. The SMILES string of the molecule is O=C(NCc1ccccc1)c1ccc(NC(=O)c2ccc(Br)o2)cc1. The Balaban J connectivity index is 1.58. The van der Waals surface area contributed by atoms with Crippen LogP contribution in [0.15, 0.2) is 75.8 Å². The molecule has 0 spiro atoms. The summed E-state index contributed by atoms with van der Waals surface area (Å²) in [6.07, 6.45) is 0. The van der Waals surface area contributed by atoms with E-state index in [1.807, 2.05) is 30.3 Å². The lowest BCUT2D eigenvalue weighted by atomic mass is 10.1. The molecule has 25 heavy (non-hydrogen) atoms. The fourth-order valence-corrected chi connectivity index (χ4v) is 2.52. The van der Waals surface area contributed by atoms with Gasteiger partial charge in [-0.15, -0.1) is 0 Å². The van der Waals surface area contributed by atoms with Crippen LogP contribution in [0.5, 0.6) is 0 Å². The van der Waals surface area contributed by atoms with E-state index in [0.717, 1.165) is 5.56 Å². The van der Waals surface area contributed by atoms with Crippen LogP contribution in [-0.4, -0.2) is 11.8 Å². The van der Waals surface area contributed by atoms with Gasteiger partial charge in [0, 0.05) is 17.8 Å². The summed E-state index contributed by atoms with van der Waals surface area (Å²) in [7, 11) is 0. The summed E-state index contributed by atoms with van der Waals surface area (Å²) in [5.41, 5.74) is 2.14. The predicted octanol–water partition coefficient (Wildman–Crippen LogP) is 4.22. The van der Waals surface area contributed by atoms with Crippen molar-refractivity contribution in [2.24, 2.45) is 0 Å². The Kier molecular flexibility index (Phi) is 5.30. The highest BCUT2D eigenvalue weighted by Crippen LogP contribution is 2.16. The molecule has 0 saturated carbocycles. The number of anilines is 1. The second-order valence-corrected chi connectivity index (χ2v) is 6.09. The molecular formula is C19H15BrN2O3. The first kappa shape index (κ1) is 17.0. The number of amides is 2. The fourth-order valence-electron chi connectivity index (χ4n) is 2.21. The van der Waals surface area contributed by atoms with Crippen LogP contribution in [0.25, 0.3) is 0 Å². The fraction of sp³-hybridized carbons (Fsp3) is 0.0526. The number of hydrogen-bond acceptors (Lipinski definition) is 3. The van der Waals surface area contributed by atoms with Gasteiger partial charge in [0.2, 0.25) is 0 Å². The van der Waals surface area contributed by atoms with Crippen molar-refractivity contribution in [2.45, 2.75) is 6.54 Å². The van der Waals surface area contributed by atoms with Gasteiger partial charge in [-0.2, -0.15) is 0 Å². The number of furan rings is 1. The Morgan fingerprint density at radius 1 is 0.880 bits per heavy atom. The first-order chi connectivity index (χ1) is 12.1. The number of halogens is 1. The molecule has 5 nitrogen and oxygen atoms in total. The maximum Gasteiger partial charge on any atom is 0.291 e. The Labute approximate surface area is 153 Å². The van der Waals surface area contributed by atoms with E-state index in [0.29, 0.717) is 22.5 Å². The smallest absolute Gasteiger partial charge is 0.291 e. The lowest BCUT2D eigenvalue weighted by molar-refractivity contribution is 0.0950. The van der Waals surface area contributed by atoms with Crippen molar-refractivity contribution in [1.82, 2.24) is 5.32 Å². The summed E-state index contributed by atoms with van der Waals surface area (Å²) in [5.74, 6) is -0.319. The summed E-state index contributed by atoms with van der Waals surface area (Å²) in [6, 6.07) is 19.6. The van der Waals surface area contributed by atoms with Gasteiger partial charge < -0.3 is 15.1 Å². The molecule has 0 aliphatic rings. The van der Waals surface area contributed by atoms with Gasteiger partial charge in [-0.05, 0) is 57.9 Å². The van der Waals surface area contributed by atoms with Crippen LogP contribution in [0.2, 0.25) is 0 Å². The highest BCUT2D eigenvalue weighted by molar-refractivity contribution is 9.10. The number of carbonyl (C=O) groups excluding carboxylic acids is 2. The summed E-state index contributed by atoms with van der Waals surface area (Å²) < 4.78 is 5.68. The van der Waals surface area contributed by atoms with Crippen LogP contribution in [0.3, 0.4) is 0 Å². The molecule has 2 aromatic carbocycles. The van der Waals surface area contributed by atoms with E-state index in [4.69, 9.17) is 4.42 Å². The third kappa shape index (κ3) is 4.58. The van der Waals surface area contributed by atoms with Crippen LogP contribution in [0, 0.1) is 0 Å². The van der Waals surface area contributed by atoms with Gasteiger partial charge >= 0.3 is 0 Å². The standard InChI is InChI=1S/C19H15BrN2O3/c20-17-11-10-16(25-17)19(24)22-15-8-6-14(7-9-15)18(23)21-12-13-4-2-1-3-5-13/h1-11H,12H2,(H,21,23)(H,22,24). The first-order valence-electron chi connectivity index (χ1n) is 7.61. The Hall–Kier alpha value is -2.86. The van der Waals surface area contributed by atoms with Crippen molar-refractivity contribution >= 4 is 33.4 Å². The van der Waals surface area contributed by atoms with Crippen molar-refractivity contribution in [3.63, 3.8) is 0 Å². The zero-order chi connectivity index (χ0) is 17.6. The molecule has 0 fully saturated rings. The second kappa shape index (κ2) is 7.81. The number of carbonyl (C=O) groups is 2. The number of hydrogen-bond donors (Lipinski definition) is 2. The maximum atomic E-state index is 12.2. The number of nitrogens with one attached hydrogen (secondary N) is 2. The molecule has 1 aromatic heterocycles. The van der Waals surface area contributed by atoms with Crippen molar-refractivity contribution in [1.29, 1.82) is 0 Å². The highest BCUT2D eigenvalue weighted by atomic mass is 79.9. The molecule has 3 rings (SSSR count). The highest BCUT2D eigenvalue weighted by Gasteiger charge is 2.11. The lowest BCUT2D eigenvalue weighted by Gasteiger charge is -2.07. The van der Waals surface area contributed by atoms with Crippen LogP contribution >= 0.6 is 15.9 Å². The average Bonchev–Trinajstić information content (AvgIpc) is 3.08. The van der Waals surface area contributed by atoms with E-state index >= 15 is 0 Å². The minimum atomic E-state index is -0.355. The molecule has 2 N–H and O–H groups in total.